The van der Waals surface area contributed by atoms with Crippen molar-refractivity contribution < 1.29 is 4.42 Å². The van der Waals surface area contributed by atoms with E-state index in [-0.39, 0.29) is 0 Å². The molecule has 1 fully saturated rings. The van der Waals surface area contributed by atoms with Crippen molar-refractivity contribution in [2.24, 2.45) is 5.73 Å². The molecule has 0 bridgehead atoms. The maximum atomic E-state index is 5.94. The van der Waals surface area contributed by atoms with E-state index >= 15 is 0 Å². The highest BCUT2D eigenvalue weighted by atomic mass is 16.3. The molecule has 3 rings (SSSR count). The van der Waals surface area contributed by atoms with Crippen molar-refractivity contribution in [2.45, 2.75) is 32.7 Å². The third-order valence-electron chi connectivity index (χ3n) is 3.78. The molecule has 5 heteroatoms. The van der Waals surface area contributed by atoms with E-state index in [4.69, 9.17) is 10.2 Å². The Morgan fingerprint density at radius 2 is 2.05 bits per heavy atom. The molecule has 2 N–H and O–H groups in total. The molecule has 2 aromatic heterocycles. The summed E-state index contributed by atoms with van der Waals surface area (Å²) in [6.07, 6.45) is 3.81. The van der Waals surface area contributed by atoms with Gasteiger partial charge in [-0.05, 0) is 38.8 Å². The monoisotopic (exact) mass is 272 g/mol. The number of hydrogen-bond donors (Lipinski definition) is 1. The van der Waals surface area contributed by atoms with Crippen LogP contribution in [0.25, 0.3) is 11.3 Å². The first-order chi connectivity index (χ1) is 9.63. The van der Waals surface area contributed by atoms with Crippen molar-refractivity contribution in [2.75, 3.05) is 18.0 Å². The Balaban J connectivity index is 1.88. The maximum Gasteiger partial charge on any atom is 0.225 e. The predicted octanol–water partition coefficient (Wildman–Crippen LogP) is 2.28. The molecular formula is C15H20N4O. The van der Waals surface area contributed by atoms with Gasteiger partial charge in [-0.1, -0.05) is 0 Å². The normalized spacial score (nSPS) is 16.6. The topological polar surface area (TPSA) is 68.2 Å². The lowest BCUT2D eigenvalue weighted by Crippen LogP contribution is -2.40. The van der Waals surface area contributed by atoms with Gasteiger partial charge < -0.3 is 15.1 Å². The van der Waals surface area contributed by atoms with E-state index in [0.29, 0.717) is 6.04 Å². The summed E-state index contributed by atoms with van der Waals surface area (Å²) in [5.41, 5.74) is 7.90. The van der Waals surface area contributed by atoms with Crippen molar-refractivity contribution in [3.63, 3.8) is 0 Å². The molecule has 0 spiro atoms. The van der Waals surface area contributed by atoms with Gasteiger partial charge in [0.15, 0.2) is 0 Å². The average molecular weight is 272 g/mol. The first kappa shape index (κ1) is 13.1. The van der Waals surface area contributed by atoms with E-state index in [2.05, 4.69) is 14.9 Å². The van der Waals surface area contributed by atoms with Crippen molar-refractivity contribution in [3.8, 4) is 11.3 Å². The molecule has 1 saturated heterocycles. The van der Waals surface area contributed by atoms with Gasteiger partial charge in [-0.25, -0.2) is 9.97 Å². The zero-order chi connectivity index (χ0) is 14.1. The van der Waals surface area contributed by atoms with Crippen LogP contribution in [0.15, 0.2) is 22.7 Å². The Hall–Kier alpha value is -1.88. The molecule has 1 aliphatic rings. The highest BCUT2D eigenvalue weighted by molar-refractivity contribution is 5.62. The van der Waals surface area contributed by atoms with E-state index in [9.17, 15) is 0 Å². The first-order valence-electron chi connectivity index (χ1n) is 7.04. The second kappa shape index (κ2) is 5.25. The summed E-state index contributed by atoms with van der Waals surface area (Å²) < 4.78 is 5.58. The third kappa shape index (κ3) is 2.54. The van der Waals surface area contributed by atoms with E-state index in [1.165, 1.54) is 0 Å². The van der Waals surface area contributed by atoms with Crippen molar-refractivity contribution in [3.05, 3.63) is 29.9 Å². The second-order valence-corrected chi connectivity index (χ2v) is 5.39. The number of nitrogens with zero attached hydrogens (tertiary/aromatic N) is 3. The lowest BCUT2D eigenvalue weighted by atomic mass is 10.1. The summed E-state index contributed by atoms with van der Waals surface area (Å²) in [6.45, 7) is 5.76. The smallest absolute Gasteiger partial charge is 0.225 e. The van der Waals surface area contributed by atoms with Gasteiger partial charge in [0.2, 0.25) is 5.95 Å². The molecule has 5 nitrogen and oxygen atoms in total. The van der Waals surface area contributed by atoms with Crippen LogP contribution in [0.3, 0.4) is 0 Å². The Kier molecular flexibility index (Phi) is 3.44. The lowest BCUT2D eigenvalue weighted by Gasteiger charge is -2.30. The van der Waals surface area contributed by atoms with Gasteiger partial charge in [0.05, 0.1) is 5.69 Å². The minimum Gasteiger partial charge on any atom is -0.466 e. The number of aromatic nitrogens is 2. The van der Waals surface area contributed by atoms with E-state index in [1.807, 2.05) is 32.2 Å². The third-order valence-corrected chi connectivity index (χ3v) is 3.78. The molecule has 106 valence electrons. The van der Waals surface area contributed by atoms with E-state index in [1.54, 1.807) is 0 Å². The van der Waals surface area contributed by atoms with E-state index < -0.39 is 0 Å². The van der Waals surface area contributed by atoms with Crippen molar-refractivity contribution >= 4 is 5.95 Å². The summed E-state index contributed by atoms with van der Waals surface area (Å²) in [4.78, 5) is 11.3. The quantitative estimate of drug-likeness (QED) is 0.908. The number of aryl methyl sites for hydroxylation is 2. The highest BCUT2D eigenvalue weighted by Gasteiger charge is 2.19. The minimum absolute atomic E-state index is 0.313. The Labute approximate surface area is 118 Å². The van der Waals surface area contributed by atoms with Gasteiger partial charge in [-0.3, -0.25) is 0 Å². The molecular weight excluding hydrogens is 252 g/mol. The fourth-order valence-electron chi connectivity index (χ4n) is 2.64. The summed E-state index contributed by atoms with van der Waals surface area (Å²) in [6, 6.07) is 4.26. The fourth-order valence-corrected chi connectivity index (χ4v) is 2.64. The van der Waals surface area contributed by atoms with Crippen LogP contribution in [0.2, 0.25) is 0 Å². The molecule has 2 aromatic rings. The number of rotatable bonds is 2. The molecule has 0 radical (unpaired) electrons. The highest BCUT2D eigenvalue weighted by Crippen LogP contribution is 2.26. The van der Waals surface area contributed by atoms with Crippen LogP contribution in [-0.4, -0.2) is 29.1 Å². The molecule has 0 aromatic carbocycles. The Bertz CT molecular complexity index is 600. The van der Waals surface area contributed by atoms with Gasteiger partial charge in [0.25, 0.3) is 0 Å². The summed E-state index contributed by atoms with van der Waals surface area (Å²) >= 11 is 0. The van der Waals surface area contributed by atoms with Crippen LogP contribution in [-0.2, 0) is 0 Å². The summed E-state index contributed by atoms with van der Waals surface area (Å²) in [7, 11) is 0. The molecule has 0 amide bonds. The molecule has 1 aliphatic heterocycles. The van der Waals surface area contributed by atoms with E-state index in [0.717, 1.165) is 54.7 Å². The van der Waals surface area contributed by atoms with Crippen LogP contribution in [0.1, 0.15) is 24.4 Å². The molecule has 20 heavy (non-hydrogen) atoms. The van der Waals surface area contributed by atoms with Crippen LogP contribution in [0.5, 0.6) is 0 Å². The summed E-state index contributed by atoms with van der Waals surface area (Å²) in [5.74, 6) is 2.59. The molecule has 3 heterocycles. The first-order valence-corrected chi connectivity index (χ1v) is 7.04. The van der Waals surface area contributed by atoms with Gasteiger partial charge in [-0.2, -0.15) is 0 Å². The fraction of sp³-hybridized carbons (Fsp3) is 0.467. The van der Waals surface area contributed by atoms with Crippen LogP contribution in [0.4, 0.5) is 5.95 Å². The standard InChI is InChI=1S/C15H20N4O/c1-10-9-13(11(2)20-10)14-3-6-17-15(18-14)19-7-4-12(16)5-8-19/h3,6,9,12H,4-5,7-8,16H2,1-2H3. The lowest BCUT2D eigenvalue weighted by molar-refractivity contribution is 0.495. The maximum absolute atomic E-state index is 5.94. The van der Waals surface area contributed by atoms with Gasteiger partial charge >= 0.3 is 0 Å². The van der Waals surface area contributed by atoms with Crippen molar-refractivity contribution in [1.29, 1.82) is 0 Å². The predicted molar refractivity (Wildman–Crippen MR) is 78.6 cm³/mol. The van der Waals surface area contributed by atoms with Gasteiger partial charge in [0, 0.05) is 30.9 Å². The molecule has 0 atom stereocenters. The van der Waals surface area contributed by atoms with Crippen molar-refractivity contribution in [1.82, 2.24) is 9.97 Å². The summed E-state index contributed by atoms with van der Waals surface area (Å²) in [5, 5.41) is 0. The average Bonchev–Trinajstić information content (AvgIpc) is 2.79. The second-order valence-electron chi connectivity index (χ2n) is 5.39. The zero-order valence-electron chi connectivity index (χ0n) is 12.0. The number of piperidine rings is 1. The Morgan fingerprint density at radius 1 is 1.30 bits per heavy atom. The largest absolute Gasteiger partial charge is 0.466 e. The Morgan fingerprint density at radius 3 is 2.70 bits per heavy atom. The van der Waals surface area contributed by atoms with Crippen LogP contribution in [0, 0.1) is 13.8 Å². The molecule has 0 saturated carbocycles. The molecule has 0 unspecified atom stereocenters. The number of anilines is 1. The SMILES string of the molecule is Cc1cc(-c2ccnc(N3CCC(N)CC3)n2)c(C)o1. The van der Waals surface area contributed by atoms with Crippen LogP contribution >= 0.6 is 0 Å². The van der Waals surface area contributed by atoms with Gasteiger partial charge in [0.1, 0.15) is 11.5 Å². The number of hydrogen-bond acceptors (Lipinski definition) is 5. The van der Waals surface area contributed by atoms with Gasteiger partial charge in [-0.15, -0.1) is 0 Å². The van der Waals surface area contributed by atoms with Crippen LogP contribution < -0.4 is 10.6 Å². The number of nitrogens with two attached hydrogens (primary N) is 1. The minimum atomic E-state index is 0.313. The molecule has 0 aliphatic carbocycles. The number of furan rings is 1. The zero-order valence-corrected chi connectivity index (χ0v) is 12.0.